The zero-order chi connectivity index (χ0) is 9.68. The summed E-state index contributed by atoms with van der Waals surface area (Å²) < 4.78 is 0. The monoisotopic (exact) mass is 242 g/mol. The second-order valence-electron chi connectivity index (χ2n) is 2.73. The van der Waals surface area contributed by atoms with Crippen LogP contribution in [0.4, 0.5) is 0 Å². The number of alkyl halides is 1. The highest BCUT2D eigenvalue weighted by molar-refractivity contribution is 9.09. The highest BCUT2D eigenvalue weighted by atomic mass is 79.9. The van der Waals surface area contributed by atoms with E-state index in [9.17, 15) is 4.79 Å². The van der Waals surface area contributed by atoms with Gasteiger partial charge in [0.2, 0.25) is 5.91 Å². The van der Waals surface area contributed by atoms with Gasteiger partial charge in [0.05, 0.1) is 17.6 Å². The van der Waals surface area contributed by atoms with E-state index in [2.05, 4.69) is 26.2 Å². The van der Waals surface area contributed by atoms with E-state index < -0.39 is 0 Å². The summed E-state index contributed by atoms with van der Waals surface area (Å²) in [5.74, 6) is -0.0247. The number of hydrogen-bond donors (Lipinski definition) is 1. The Bertz CT molecular complexity index is 301. The van der Waals surface area contributed by atoms with Crippen LogP contribution in [0.5, 0.6) is 0 Å². The number of carbonyl (C=O) groups is 1. The Kier molecular flexibility index (Phi) is 3.89. The van der Waals surface area contributed by atoms with Gasteiger partial charge < -0.3 is 5.32 Å². The van der Waals surface area contributed by atoms with Crippen molar-refractivity contribution < 1.29 is 4.79 Å². The summed E-state index contributed by atoms with van der Waals surface area (Å²) in [6, 6.07) is 3.88. The molecule has 13 heavy (non-hydrogen) atoms. The molecule has 0 unspecified atom stereocenters. The molecule has 0 saturated heterocycles. The van der Waals surface area contributed by atoms with Crippen molar-refractivity contribution in [2.75, 3.05) is 5.33 Å². The molecule has 0 spiro atoms. The first kappa shape index (κ1) is 10.2. The van der Waals surface area contributed by atoms with Gasteiger partial charge in [0.25, 0.3) is 0 Å². The molecular weight excluding hydrogens is 232 g/mol. The molecule has 1 amide bonds. The van der Waals surface area contributed by atoms with Gasteiger partial charge in [0.1, 0.15) is 0 Å². The fourth-order valence-electron chi connectivity index (χ4n) is 0.932. The van der Waals surface area contributed by atoms with Gasteiger partial charge in [-0.15, -0.1) is 0 Å². The van der Waals surface area contributed by atoms with Crippen LogP contribution in [-0.4, -0.2) is 16.2 Å². The highest BCUT2D eigenvalue weighted by Crippen LogP contribution is 1.99. The van der Waals surface area contributed by atoms with Crippen molar-refractivity contribution in [3.63, 3.8) is 0 Å². The lowest BCUT2D eigenvalue weighted by Crippen LogP contribution is -2.23. The molecule has 0 aromatic carbocycles. The van der Waals surface area contributed by atoms with Crippen LogP contribution >= 0.6 is 15.9 Å². The van der Waals surface area contributed by atoms with Gasteiger partial charge in [-0.25, -0.2) is 0 Å². The average molecular weight is 243 g/mol. The Balaban J connectivity index is 2.50. The molecule has 0 aliphatic carbocycles. The van der Waals surface area contributed by atoms with E-state index in [1.54, 1.807) is 6.20 Å². The fraction of sp³-hybridized carbons (Fsp3) is 0.333. The van der Waals surface area contributed by atoms with E-state index >= 15 is 0 Å². The molecule has 1 aromatic heterocycles. The van der Waals surface area contributed by atoms with E-state index in [0.717, 1.165) is 11.3 Å². The number of hydrogen-bond acceptors (Lipinski definition) is 2. The molecular formula is C9H11BrN2O. The van der Waals surface area contributed by atoms with Crippen molar-refractivity contribution in [1.29, 1.82) is 0 Å². The zero-order valence-corrected chi connectivity index (χ0v) is 8.97. The minimum atomic E-state index is -0.0247. The summed E-state index contributed by atoms with van der Waals surface area (Å²) in [7, 11) is 0. The Morgan fingerprint density at radius 2 is 2.46 bits per heavy atom. The van der Waals surface area contributed by atoms with E-state index in [0.29, 0.717) is 11.9 Å². The quantitative estimate of drug-likeness (QED) is 0.815. The SMILES string of the molecule is Cc1ccnc(CNC(=O)CBr)c1. The molecule has 1 rings (SSSR count). The largest absolute Gasteiger partial charge is 0.350 e. The Labute approximate surface area is 85.7 Å². The second-order valence-corrected chi connectivity index (χ2v) is 3.30. The minimum Gasteiger partial charge on any atom is -0.350 e. The maximum atomic E-state index is 10.9. The number of halogens is 1. The number of pyridine rings is 1. The Morgan fingerprint density at radius 3 is 3.08 bits per heavy atom. The maximum Gasteiger partial charge on any atom is 0.230 e. The Morgan fingerprint density at radius 1 is 1.69 bits per heavy atom. The molecule has 0 fully saturated rings. The second kappa shape index (κ2) is 4.97. The van der Waals surface area contributed by atoms with Crippen LogP contribution in [0.3, 0.4) is 0 Å². The minimum absolute atomic E-state index is 0.0247. The van der Waals surface area contributed by atoms with Crippen molar-refractivity contribution in [3.8, 4) is 0 Å². The molecule has 0 radical (unpaired) electrons. The third-order valence-corrected chi connectivity index (χ3v) is 2.07. The third kappa shape index (κ3) is 3.55. The summed E-state index contributed by atoms with van der Waals surface area (Å²) in [6.07, 6.45) is 1.74. The lowest BCUT2D eigenvalue weighted by Gasteiger charge is -2.02. The van der Waals surface area contributed by atoms with E-state index in [-0.39, 0.29) is 5.91 Å². The van der Waals surface area contributed by atoms with E-state index in [1.807, 2.05) is 19.1 Å². The van der Waals surface area contributed by atoms with Gasteiger partial charge in [-0.2, -0.15) is 0 Å². The van der Waals surface area contributed by atoms with Crippen LogP contribution in [-0.2, 0) is 11.3 Å². The van der Waals surface area contributed by atoms with E-state index in [4.69, 9.17) is 0 Å². The number of nitrogens with one attached hydrogen (secondary N) is 1. The van der Waals surface area contributed by atoms with Gasteiger partial charge >= 0.3 is 0 Å². The van der Waals surface area contributed by atoms with Crippen molar-refractivity contribution in [2.45, 2.75) is 13.5 Å². The van der Waals surface area contributed by atoms with Gasteiger partial charge in [0.15, 0.2) is 0 Å². The maximum absolute atomic E-state index is 10.9. The van der Waals surface area contributed by atoms with Crippen molar-refractivity contribution in [1.82, 2.24) is 10.3 Å². The standard InChI is InChI=1S/C9H11BrN2O/c1-7-2-3-11-8(4-7)6-12-9(13)5-10/h2-4H,5-6H2,1H3,(H,12,13). The normalized spacial score (nSPS) is 9.69. The van der Waals surface area contributed by atoms with Gasteiger partial charge in [-0.05, 0) is 24.6 Å². The van der Waals surface area contributed by atoms with Gasteiger partial charge in [-0.1, -0.05) is 15.9 Å². The first-order valence-electron chi connectivity index (χ1n) is 3.96. The molecule has 1 heterocycles. The molecule has 4 heteroatoms. The van der Waals surface area contributed by atoms with Crippen molar-refractivity contribution in [2.24, 2.45) is 0 Å². The number of amides is 1. The first-order valence-corrected chi connectivity index (χ1v) is 5.08. The first-order chi connectivity index (χ1) is 6.22. The number of aromatic nitrogens is 1. The molecule has 0 aliphatic heterocycles. The number of nitrogens with zero attached hydrogens (tertiary/aromatic N) is 1. The van der Waals surface area contributed by atoms with Crippen molar-refractivity contribution in [3.05, 3.63) is 29.6 Å². The molecule has 1 N–H and O–H groups in total. The van der Waals surface area contributed by atoms with Gasteiger partial charge in [0, 0.05) is 6.20 Å². The predicted octanol–water partition coefficient (Wildman–Crippen LogP) is 1.40. The lowest BCUT2D eigenvalue weighted by atomic mass is 10.2. The molecule has 0 saturated carbocycles. The van der Waals surface area contributed by atoms with Crippen LogP contribution in [0, 0.1) is 6.92 Å². The summed E-state index contributed by atoms with van der Waals surface area (Å²) in [5.41, 5.74) is 2.03. The number of rotatable bonds is 3. The fourth-order valence-corrected chi connectivity index (χ4v) is 1.13. The van der Waals surface area contributed by atoms with Crippen LogP contribution in [0.15, 0.2) is 18.3 Å². The summed E-state index contributed by atoms with van der Waals surface area (Å²) in [5, 5.41) is 3.06. The van der Waals surface area contributed by atoms with Crippen molar-refractivity contribution >= 4 is 21.8 Å². The smallest absolute Gasteiger partial charge is 0.230 e. The summed E-state index contributed by atoms with van der Waals surface area (Å²) >= 11 is 3.07. The van der Waals surface area contributed by atoms with Gasteiger partial charge in [-0.3, -0.25) is 9.78 Å². The third-order valence-electron chi connectivity index (χ3n) is 1.56. The zero-order valence-electron chi connectivity index (χ0n) is 7.38. The molecule has 0 bridgehead atoms. The van der Waals surface area contributed by atoms with E-state index in [1.165, 1.54) is 0 Å². The molecule has 0 atom stereocenters. The predicted molar refractivity (Wildman–Crippen MR) is 54.6 cm³/mol. The number of aryl methyl sites for hydroxylation is 1. The molecule has 70 valence electrons. The summed E-state index contributed by atoms with van der Waals surface area (Å²) in [4.78, 5) is 15.0. The van der Waals surface area contributed by atoms with Crippen LogP contribution < -0.4 is 5.32 Å². The molecule has 1 aromatic rings. The van der Waals surface area contributed by atoms with Crippen LogP contribution in [0.2, 0.25) is 0 Å². The summed E-state index contributed by atoms with van der Waals surface area (Å²) in [6.45, 7) is 2.49. The molecule has 3 nitrogen and oxygen atoms in total. The lowest BCUT2D eigenvalue weighted by molar-refractivity contribution is -0.118. The average Bonchev–Trinajstić information content (AvgIpc) is 2.14. The molecule has 0 aliphatic rings. The van der Waals surface area contributed by atoms with Crippen LogP contribution in [0.25, 0.3) is 0 Å². The Hall–Kier alpha value is -0.900. The number of carbonyl (C=O) groups excluding carboxylic acids is 1. The highest BCUT2D eigenvalue weighted by Gasteiger charge is 1.98. The topological polar surface area (TPSA) is 42.0 Å². The van der Waals surface area contributed by atoms with Crippen LogP contribution in [0.1, 0.15) is 11.3 Å².